The monoisotopic (exact) mass is 356 g/mol. The second-order valence-corrected chi connectivity index (χ2v) is 6.55. The maximum absolute atomic E-state index is 13.7. The molecule has 0 aliphatic carbocycles. The number of hydrogen-bond acceptors (Lipinski definition) is 3. The number of rotatable bonds is 4. The molecule has 2 saturated heterocycles. The number of piperidine rings is 1. The second kappa shape index (κ2) is 9.35. The molecule has 134 valence electrons. The largest absolute Gasteiger partial charge is 0.378 e. The number of ether oxygens (including phenoxy) is 1. The zero-order valence-corrected chi connectivity index (χ0v) is 14.7. The van der Waals surface area contributed by atoms with Crippen molar-refractivity contribution in [1.82, 2.24) is 10.2 Å². The van der Waals surface area contributed by atoms with E-state index in [0.29, 0.717) is 18.9 Å². The molecule has 2 fully saturated rings. The molecule has 1 aromatic carbocycles. The minimum Gasteiger partial charge on any atom is -0.378 e. The Morgan fingerprint density at radius 3 is 2.71 bits per heavy atom. The first-order valence-electron chi connectivity index (χ1n) is 8.54. The SMILES string of the molecule is Cl.O=C(CC1COCCN1)N1CCC(Cc2ccccc2F)CC1. The Hall–Kier alpha value is -1.17. The fourth-order valence-corrected chi connectivity index (χ4v) is 3.45. The van der Waals surface area contributed by atoms with Crippen LogP contribution < -0.4 is 5.32 Å². The highest BCUT2D eigenvalue weighted by Crippen LogP contribution is 2.23. The van der Waals surface area contributed by atoms with Crippen LogP contribution in [-0.2, 0) is 16.0 Å². The van der Waals surface area contributed by atoms with Crippen molar-refractivity contribution in [3.05, 3.63) is 35.6 Å². The molecule has 3 rings (SSSR count). The molecule has 1 atom stereocenters. The predicted molar refractivity (Wildman–Crippen MR) is 93.9 cm³/mol. The first-order valence-corrected chi connectivity index (χ1v) is 8.54. The Bertz CT molecular complexity index is 530. The van der Waals surface area contributed by atoms with Gasteiger partial charge < -0.3 is 15.0 Å². The van der Waals surface area contributed by atoms with Crippen LogP contribution in [0.25, 0.3) is 0 Å². The van der Waals surface area contributed by atoms with Gasteiger partial charge in [-0.1, -0.05) is 18.2 Å². The summed E-state index contributed by atoms with van der Waals surface area (Å²) in [6, 6.07) is 7.14. The molecule has 2 heterocycles. The highest BCUT2D eigenvalue weighted by atomic mass is 35.5. The smallest absolute Gasteiger partial charge is 0.224 e. The first-order chi connectivity index (χ1) is 11.2. The van der Waals surface area contributed by atoms with Gasteiger partial charge in [-0.15, -0.1) is 12.4 Å². The van der Waals surface area contributed by atoms with E-state index in [4.69, 9.17) is 4.74 Å². The van der Waals surface area contributed by atoms with Crippen LogP contribution in [0.3, 0.4) is 0 Å². The number of likely N-dealkylation sites (tertiary alicyclic amines) is 1. The maximum atomic E-state index is 13.7. The van der Waals surface area contributed by atoms with E-state index in [1.54, 1.807) is 6.07 Å². The zero-order valence-electron chi connectivity index (χ0n) is 13.9. The van der Waals surface area contributed by atoms with E-state index in [1.165, 1.54) is 6.07 Å². The number of carbonyl (C=O) groups is 1. The van der Waals surface area contributed by atoms with Crippen LogP contribution >= 0.6 is 12.4 Å². The number of hydrogen-bond donors (Lipinski definition) is 1. The van der Waals surface area contributed by atoms with E-state index < -0.39 is 0 Å². The quantitative estimate of drug-likeness (QED) is 0.900. The van der Waals surface area contributed by atoms with Gasteiger partial charge in [0.2, 0.25) is 5.91 Å². The minimum atomic E-state index is -0.116. The van der Waals surface area contributed by atoms with Gasteiger partial charge in [-0.05, 0) is 36.8 Å². The van der Waals surface area contributed by atoms with Crippen LogP contribution in [0.1, 0.15) is 24.8 Å². The average molecular weight is 357 g/mol. The fraction of sp³-hybridized carbons (Fsp3) is 0.611. The van der Waals surface area contributed by atoms with Gasteiger partial charge in [0, 0.05) is 32.1 Å². The van der Waals surface area contributed by atoms with Crippen molar-refractivity contribution in [1.29, 1.82) is 0 Å². The summed E-state index contributed by atoms with van der Waals surface area (Å²) < 4.78 is 19.1. The molecule has 0 radical (unpaired) electrons. The molecule has 1 amide bonds. The van der Waals surface area contributed by atoms with E-state index in [2.05, 4.69) is 5.32 Å². The Labute approximate surface area is 149 Å². The van der Waals surface area contributed by atoms with Gasteiger partial charge in [-0.2, -0.15) is 0 Å². The number of nitrogens with zero attached hydrogens (tertiary/aromatic N) is 1. The van der Waals surface area contributed by atoms with E-state index >= 15 is 0 Å². The van der Waals surface area contributed by atoms with Gasteiger partial charge in [0.25, 0.3) is 0 Å². The van der Waals surface area contributed by atoms with Gasteiger partial charge in [-0.25, -0.2) is 4.39 Å². The van der Waals surface area contributed by atoms with E-state index in [9.17, 15) is 9.18 Å². The summed E-state index contributed by atoms with van der Waals surface area (Å²) >= 11 is 0. The highest BCUT2D eigenvalue weighted by molar-refractivity contribution is 5.85. The lowest BCUT2D eigenvalue weighted by Gasteiger charge is -2.33. The van der Waals surface area contributed by atoms with Crippen molar-refractivity contribution in [3.63, 3.8) is 0 Å². The van der Waals surface area contributed by atoms with Crippen molar-refractivity contribution in [2.24, 2.45) is 5.92 Å². The summed E-state index contributed by atoms with van der Waals surface area (Å²) in [5.41, 5.74) is 0.792. The number of halogens is 2. The van der Waals surface area contributed by atoms with Crippen molar-refractivity contribution in [3.8, 4) is 0 Å². The number of benzene rings is 1. The first kappa shape index (κ1) is 19.2. The van der Waals surface area contributed by atoms with Crippen LogP contribution in [0.4, 0.5) is 4.39 Å². The van der Waals surface area contributed by atoms with Gasteiger partial charge in [0.15, 0.2) is 0 Å². The summed E-state index contributed by atoms with van der Waals surface area (Å²) in [7, 11) is 0. The van der Waals surface area contributed by atoms with E-state index in [1.807, 2.05) is 17.0 Å². The molecule has 2 aliphatic rings. The third-order valence-corrected chi connectivity index (χ3v) is 4.85. The van der Waals surface area contributed by atoms with Gasteiger partial charge in [-0.3, -0.25) is 4.79 Å². The average Bonchev–Trinajstić information content (AvgIpc) is 2.58. The Balaban J connectivity index is 0.00000208. The molecule has 2 aliphatic heterocycles. The second-order valence-electron chi connectivity index (χ2n) is 6.55. The van der Waals surface area contributed by atoms with Crippen molar-refractivity contribution >= 4 is 18.3 Å². The zero-order chi connectivity index (χ0) is 16.1. The number of amides is 1. The maximum Gasteiger partial charge on any atom is 0.224 e. The number of nitrogens with one attached hydrogen (secondary N) is 1. The molecule has 0 bridgehead atoms. The highest BCUT2D eigenvalue weighted by Gasteiger charge is 2.26. The molecule has 1 N–H and O–H groups in total. The molecule has 0 aromatic heterocycles. The lowest BCUT2D eigenvalue weighted by Crippen LogP contribution is -2.46. The third kappa shape index (κ3) is 5.16. The van der Waals surface area contributed by atoms with E-state index in [0.717, 1.165) is 51.1 Å². The Kier molecular flexibility index (Phi) is 7.46. The molecular formula is C18H26ClFN2O2. The third-order valence-electron chi connectivity index (χ3n) is 4.85. The summed E-state index contributed by atoms with van der Waals surface area (Å²) in [6.45, 7) is 3.74. The van der Waals surface area contributed by atoms with Gasteiger partial charge in [0.1, 0.15) is 5.82 Å². The van der Waals surface area contributed by atoms with Crippen molar-refractivity contribution < 1.29 is 13.9 Å². The normalized spacial score (nSPS) is 22.0. The van der Waals surface area contributed by atoms with Crippen molar-refractivity contribution in [2.45, 2.75) is 31.7 Å². The molecule has 1 aromatic rings. The van der Waals surface area contributed by atoms with Gasteiger partial charge in [0.05, 0.1) is 13.2 Å². The Morgan fingerprint density at radius 2 is 2.04 bits per heavy atom. The lowest BCUT2D eigenvalue weighted by molar-refractivity contribution is -0.133. The van der Waals surface area contributed by atoms with Gasteiger partial charge >= 0.3 is 0 Å². The summed E-state index contributed by atoms with van der Waals surface area (Å²) in [6.07, 6.45) is 3.19. The fourth-order valence-electron chi connectivity index (χ4n) is 3.45. The molecule has 4 nitrogen and oxygen atoms in total. The van der Waals surface area contributed by atoms with Crippen LogP contribution in [0, 0.1) is 11.7 Å². The van der Waals surface area contributed by atoms with E-state index in [-0.39, 0.29) is 30.2 Å². The Morgan fingerprint density at radius 1 is 1.29 bits per heavy atom. The molecule has 0 saturated carbocycles. The van der Waals surface area contributed by atoms with Crippen LogP contribution in [-0.4, -0.2) is 49.7 Å². The molecule has 24 heavy (non-hydrogen) atoms. The van der Waals surface area contributed by atoms with Crippen molar-refractivity contribution in [2.75, 3.05) is 32.8 Å². The summed E-state index contributed by atoms with van der Waals surface area (Å²) in [4.78, 5) is 14.3. The molecular weight excluding hydrogens is 331 g/mol. The minimum absolute atomic E-state index is 0. The topological polar surface area (TPSA) is 41.6 Å². The lowest BCUT2D eigenvalue weighted by atomic mass is 9.90. The summed E-state index contributed by atoms with van der Waals surface area (Å²) in [5.74, 6) is 0.554. The van der Waals surface area contributed by atoms with Crippen LogP contribution in [0.2, 0.25) is 0 Å². The molecule has 0 spiro atoms. The number of carbonyl (C=O) groups excluding carboxylic acids is 1. The molecule has 1 unspecified atom stereocenters. The molecule has 6 heteroatoms. The summed E-state index contributed by atoms with van der Waals surface area (Å²) in [5, 5.41) is 3.32. The number of morpholine rings is 1. The van der Waals surface area contributed by atoms with Crippen LogP contribution in [0.5, 0.6) is 0 Å². The standard InChI is InChI=1S/C18H25FN2O2.ClH/c19-17-4-2-1-3-15(17)11-14-5-8-21(9-6-14)18(22)12-16-13-23-10-7-20-16;/h1-4,14,16,20H,5-13H2;1H. The van der Waals surface area contributed by atoms with Crippen LogP contribution in [0.15, 0.2) is 24.3 Å². The predicted octanol–water partition coefficient (Wildman–Crippen LogP) is 2.41.